The summed E-state index contributed by atoms with van der Waals surface area (Å²) in [6.07, 6.45) is 0.402. The van der Waals surface area contributed by atoms with Crippen molar-refractivity contribution in [3.05, 3.63) is 46.6 Å². The molecule has 3 N–H and O–H groups in total. The van der Waals surface area contributed by atoms with E-state index < -0.39 is 11.9 Å². The second-order valence-corrected chi connectivity index (χ2v) is 5.27. The quantitative estimate of drug-likeness (QED) is 0.788. The van der Waals surface area contributed by atoms with Crippen LogP contribution in [-0.2, 0) is 14.3 Å². The molecule has 1 aliphatic heterocycles. The zero-order valence-electron chi connectivity index (χ0n) is 14.3. The van der Waals surface area contributed by atoms with Gasteiger partial charge in [-0.25, -0.2) is 4.79 Å². The van der Waals surface area contributed by atoms with Crippen LogP contribution in [-0.4, -0.2) is 24.8 Å². The van der Waals surface area contributed by atoms with Gasteiger partial charge in [0.1, 0.15) is 17.4 Å². The van der Waals surface area contributed by atoms with Crippen LogP contribution in [0.3, 0.4) is 0 Å². The molecule has 0 aliphatic carbocycles. The van der Waals surface area contributed by atoms with E-state index in [9.17, 15) is 15.2 Å². The Morgan fingerprint density at radius 3 is 2.72 bits per heavy atom. The molecule has 1 heterocycles. The number of ether oxygens (including phenoxy) is 3. The number of rotatable bonds is 5. The Morgan fingerprint density at radius 2 is 2.16 bits per heavy atom. The van der Waals surface area contributed by atoms with E-state index in [1.807, 2.05) is 13.0 Å². The Hall–Kier alpha value is -3.14. The summed E-state index contributed by atoms with van der Waals surface area (Å²) in [5.74, 6) is -0.859. The lowest BCUT2D eigenvalue weighted by atomic mass is 9.82. The maximum Gasteiger partial charge on any atom is 0.338 e. The van der Waals surface area contributed by atoms with Crippen molar-refractivity contribution in [3.63, 3.8) is 0 Å². The van der Waals surface area contributed by atoms with E-state index in [0.717, 1.165) is 0 Å². The number of allylic oxidation sites excluding steroid dienone is 2. The molecule has 0 spiro atoms. The first-order valence-electron chi connectivity index (χ1n) is 7.83. The molecule has 0 radical (unpaired) electrons. The molecule has 0 aromatic heterocycles. The number of aromatic hydroxyl groups is 1. The summed E-state index contributed by atoms with van der Waals surface area (Å²) in [6, 6.07) is 6.60. The van der Waals surface area contributed by atoms with E-state index in [1.165, 1.54) is 13.2 Å². The van der Waals surface area contributed by atoms with Crippen molar-refractivity contribution >= 4 is 5.97 Å². The Bertz CT molecular complexity index is 789. The minimum absolute atomic E-state index is 0.0499. The van der Waals surface area contributed by atoms with Gasteiger partial charge in [-0.05, 0) is 24.6 Å². The summed E-state index contributed by atoms with van der Waals surface area (Å²) in [6.45, 7) is 3.70. The predicted molar refractivity (Wildman–Crippen MR) is 89.3 cm³/mol. The molecule has 0 fully saturated rings. The highest BCUT2D eigenvalue weighted by atomic mass is 16.5. The van der Waals surface area contributed by atoms with Crippen molar-refractivity contribution in [1.29, 1.82) is 5.26 Å². The minimum Gasteiger partial charge on any atom is -0.504 e. The number of nitrogens with zero attached hydrogens (tertiary/aromatic N) is 1. The molecule has 1 aromatic carbocycles. The van der Waals surface area contributed by atoms with Gasteiger partial charge in [-0.3, -0.25) is 0 Å². The number of methoxy groups -OCH3 is 1. The number of phenolic OH excluding ortho intramolecular Hbond substituents is 1. The number of esters is 1. The molecule has 0 amide bonds. The van der Waals surface area contributed by atoms with Gasteiger partial charge in [0.25, 0.3) is 0 Å². The zero-order chi connectivity index (χ0) is 18.6. The fourth-order valence-corrected chi connectivity index (χ4v) is 2.72. The van der Waals surface area contributed by atoms with Crippen molar-refractivity contribution in [2.24, 2.45) is 5.73 Å². The third-order valence-corrected chi connectivity index (χ3v) is 3.85. The summed E-state index contributed by atoms with van der Waals surface area (Å²) in [5, 5.41) is 19.4. The summed E-state index contributed by atoms with van der Waals surface area (Å²) in [7, 11) is 1.41. The predicted octanol–water partition coefficient (Wildman–Crippen LogP) is 2.44. The van der Waals surface area contributed by atoms with Gasteiger partial charge in [0.15, 0.2) is 11.5 Å². The van der Waals surface area contributed by atoms with Crippen molar-refractivity contribution in [1.82, 2.24) is 0 Å². The molecule has 132 valence electrons. The second-order valence-electron chi connectivity index (χ2n) is 5.27. The first-order valence-corrected chi connectivity index (χ1v) is 7.83. The topological polar surface area (TPSA) is 115 Å². The molecule has 25 heavy (non-hydrogen) atoms. The monoisotopic (exact) mass is 344 g/mol. The molecule has 1 atom stereocenters. The van der Waals surface area contributed by atoms with Crippen LogP contribution in [0.5, 0.6) is 11.5 Å². The normalized spacial score (nSPS) is 17.0. The highest BCUT2D eigenvalue weighted by molar-refractivity contribution is 5.92. The van der Waals surface area contributed by atoms with E-state index in [2.05, 4.69) is 0 Å². The summed E-state index contributed by atoms with van der Waals surface area (Å²) >= 11 is 0. The van der Waals surface area contributed by atoms with Gasteiger partial charge in [-0.15, -0.1) is 0 Å². The molecule has 0 saturated heterocycles. The lowest BCUT2D eigenvalue weighted by molar-refractivity contribution is -0.139. The highest BCUT2D eigenvalue weighted by Crippen LogP contribution is 2.42. The zero-order valence-corrected chi connectivity index (χ0v) is 14.3. The Balaban J connectivity index is 2.69. The average Bonchev–Trinajstić information content (AvgIpc) is 2.61. The van der Waals surface area contributed by atoms with Crippen molar-refractivity contribution in [3.8, 4) is 17.6 Å². The maximum absolute atomic E-state index is 12.5. The fraction of sp³-hybridized carbons (Fsp3) is 0.333. The molecule has 7 nitrogen and oxygen atoms in total. The van der Waals surface area contributed by atoms with E-state index >= 15 is 0 Å². The maximum atomic E-state index is 12.5. The SMILES string of the molecule is CCOC(=O)C1=C(CC)OC(N)=C(C#N)C1c1ccc(O)c(OC)c1. The van der Waals surface area contributed by atoms with Gasteiger partial charge >= 0.3 is 5.97 Å². The molecule has 0 saturated carbocycles. The van der Waals surface area contributed by atoms with Gasteiger partial charge < -0.3 is 25.1 Å². The largest absolute Gasteiger partial charge is 0.504 e. The molecular formula is C18H20N2O5. The van der Waals surface area contributed by atoms with Gasteiger partial charge in [0.2, 0.25) is 5.88 Å². The van der Waals surface area contributed by atoms with E-state index in [-0.39, 0.29) is 35.1 Å². The van der Waals surface area contributed by atoms with E-state index in [0.29, 0.717) is 17.7 Å². The van der Waals surface area contributed by atoms with Crippen LogP contribution in [0.2, 0.25) is 0 Å². The first kappa shape index (κ1) is 18.2. The Labute approximate surface area is 145 Å². The summed E-state index contributed by atoms with van der Waals surface area (Å²) in [5.41, 5.74) is 6.78. The van der Waals surface area contributed by atoms with Crippen molar-refractivity contribution in [2.45, 2.75) is 26.2 Å². The van der Waals surface area contributed by atoms with Crippen molar-refractivity contribution in [2.75, 3.05) is 13.7 Å². The number of hydrogen-bond donors (Lipinski definition) is 2. The molecule has 1 aliphatic rings. The smallest absolute Gasteiger partial charge is 0.338 e. The van der Waals surface area contributed by atoms with Gasteiger partial charge in [-0.2, -0.15) is 5.26 Å². The van der Waals surface area contributed by atoms with Crippen LogP contribution in [0.4, 0.5) is 0 Å². The number of hydrogen-bond acceptors (Lipinski definition) is 7. The lowest BCUT2D eigenvalue weighted by Crippen LogP contribution is -2.26. The number of carbonyl (C=O) groups is 1. The van der Waals surface area contributed by atoms with Crippen LogP contribution >= 0.6 is 0 Å². The summed E-state index contributed by atoms with van der Waals surface area (Å²) < 4.78 is 15.8. The van der Waals surface area contributed by atoms with E-state index in [1.54, 1.807) is 19.1 Å². The number of nitrogens with two attached hydrogens (primary N) is 1. The average molecular weight is 344 g/mol. The molecule has 1 aromatic rings. The number of phenols is 1. The van der Waals surface area contributed by atoms with Gasteiger partial charge in [0.05, 0.1) is 25.2 Å². The first-order chi connectivity index (χ1) is 12.0. The lowest BCUT2D eigenvalue weighted by Gasteiger charge is -2.28. The Morgan fingerprint density at radius 1 is 1.44 bits per heavy atom. The summed E-state index contributed by atoms with van der Waals surface area (Å²) in [4.78, 5) is 12.5. The number of carbonyl (C=O) groups excluding carboxylic acids is 1. The van der Waals surface area contributed by atoms with Crippen molar-refractivity contribution < 1.29 is 24.1 Å². The van der Waals surface area contributed by atoms with E-state index in [4.69, 9.17) is 19.9 Å². The molecular weight excluding hydrogens is 324 g/mol. The Kier molecular flexibility index (Phi) is 5.55. The number of benzene rings is 1. The highest BCUT2D eigenvalue weighted by Gasteiger charge is 2.37. The minimum atomic E-state index is -0.762. The third kappa shape index (κ3) is 3.38. The van der Waals surface area contributed by atoms with Crippen LogP contribution in [0.1, 0.15) is 31.7 Å². The van der Waals surface area contributed by atoms with Crippen LogP contribution < -0.4 is 10.5 Å². The van der Waals surface area contributed by atoms with Crippen LogP contribution in [0.25, 0.3) is 0 Å². The van der Waals surface area contributed by atoms with Crippen LogP contribution in [0.15, 0.2) is 41.0 Å². The second kappa shape index (κ2) is 7.62. The molecule has 2 rings (SSSR count). The fourth-order valence-electron chi connectivity index (χ4n) is 2.72. The molecule has 1 unspecified atom stereocenters. The van der Waals surface area contributed by atoms with Gasteiger partial charge in [0, 0.05) is 6.42 Å². The molecule has 0 bridgehead atoms. The third-order valence-electron chi connectivity index (χ3n) is 3.85. The number of nitriles is 1. The standard InChI is InChI=1S/C18H20N2O5/c1-4-13-16(18(22)24-5-2)15(11(9-19)17(20)25-13)10-6-7-12(21)14(8-10)23-3/h6-8,15,21H,4-5,20H2,1-3H3. The van der Waals surface area contributed by atoms with Crippen LogP contribution in [0, 0.1) is 11.3 Å². The molecule has 7 heteroatoms. The van der Waals surface area contributed by atoms with Gasteiger partial charge in [-0.1, -0.05) is 13.0 Å².